The van der Waals surface area contributed by atoms with Gasteiger partial charge in [-0.3, -0.25) is 9.69 Å². The van der Waals surface area contributed by atoms with Crippen molar-refractivity contribution in [3.63, 3.8) is 0 Å². The van der Waals surface area contributed by atoms with Gasteiger partial charge in [0.1, 0.15) is 0 Å². The van der Waals surface area contributed by atoms with Gasteiger partial charge < -0.3 is 15.0 Å². The van der Waals surface area contributed by atoms with Crippen LogP contribution in [0.2, 0.25) is 0 Å². The van der Waals surface area contributed by atoms with E-state index in [2.05, 4.69) is 34.1 Å². The maximum absolute atomic E-state index is 11.7. The number of aliphatic hydroxyl groups excluding tert-OH is 1. The van der Waals surface area contributed by atoms with Crippen LogP contribution in [0.4, 0.5) is 0 Å². The highest BCUT2D eigenvalue weighted by molar-refractivity contribution is 5.84. The number of H-pyrrole nitrogens is 1. The summed E-state index contributed by atoms with van der Waals surface area (Å²) in [5, 5.41) is 11.6. The molecule has 122 valence electrons. The second-order valence-electron chi connectivity index (χ2n) is 6.71. The molecule has 1 amide bonds. The summed E-state index contributed by atoms with van der Waals surface area (Å²) in [5.41, 5.74) is 3.88. The minimum atomic E-state index is -0.469. The van der Waals surface area contributed by atoms with Crippen LogP contribution in [-0.4, -0.2) is 58.1 Å². The fraction of sp³-hybridized carbons (Fsp3) is 0.500. The SMILES string of the molecule is O=C1CCCN1CC(O)CN1CCc2c([nH]c3ccccc23)C1. The number of fused-ring (bicyclic) bond motifs is 3. The Morgan fingerprint density at radius 2 is 2.04 bits per heavy atom. The van der Waals surface area contributed by atoms with Crippen LogP contribution < -0.4 is 0 Å². The first-order valence-corrected chi connectivity index (χ1v) is 8.47. The number of hydrogen-bond donors (Lipinski definition) is 2. The normalized spacial score (nSPS) is 20.2. The zero-order valence-electron chi connectivity index (χ0n) is 13.3. The molecule has 0 spiro atoms. The minimum Gasteiger partial charge on any atom is -0.390 e. The first-order valence-electron chi connectivity index (χ1n) is 8.47. The van der Waals surface area contributed by atoms with Gasteiger partial charge in [-0.2, -0.15) is 0 Å². The van der Waals surface area contributed by atoms with Crippen molar-refractivity contribution in [2.24, 2.45) is 0 Å². The Labute approximate surface area is 135 Å². The lowest BCUT2D eigenvalue weighted by atomic mass is 10.0. The summed E-state index contributed by atoms with van der Waals surface area (Å²) in [6.07, 6.45) is 2.10. The van der Waals surface area contributed by atoms with E-state index < -0.39 is 6.10 Å². The molecule has 0 aliphatic carbocycles. The molecular formula is C18H23N3O2. The number of carbonyl (C=O) groups excluding carboxylic acids is 1. The van der Waals surface area contributed by atoms with Gasteiger partial charge in [0, 0.05) is 55.7 Å². The third-order valence-electron chi connectivity index (χ3n) is 5.03. The number of likely N-dealkylation sites (tertiary alicyclic amines) is 1. The first-order chi connectivity index (χ1) is 11.2. The summed E-state index contributed by atoms with van der Waals surface area (Å²) in [5.74, 6) is 0.181. The number of β-amino-alcohol motifs (C(OH)–C–C–N with tert-alkyl or cyclic N) is 1. The average molecular weight is 313 g/mol. The monoisotopic (exact) mass is 313 g/mol. The first kappa shape index (κ1) is 14.7. The number of hydrogen-bond acceptors (Lipinski definition) is 3. The van der Waals surface area contributed by atoms with Crippen LogP contribution in [0.5, 0.6) is 0 Å². The van der Waals surface area contributed by atoms with Crippen LogP contribution in [0.25, 0.3) is 10.9 Å². The molecule has 1 aromatic carbocycles. The molecule has 4 rings (SSSR count). The fourth-order valence-electron chi connectivity index (χ4n) is 3.91. The Bertz CT molecular complexity index is 724. The molecule has 5 nitrogen and oxygen atoms in total. The van der Waals surface area contributed by atoms with Gasteiger partial charge in [0.15, 0.2) is 0 Å². The number of aliphatic hydroxyl groups is 1. The standard InChI is InChI=1S/C18H23N3O2/c22-13(11-21-8-3-6-18(21)23)10-20-9-7-15-14-4-1-2-5-16(14)19-17(15)12-20/h1-2,4-5,13,19,22H,3,6-12H2. The van der Waals surface area contributed by atoms with Crippen molar-refractivity contribution >= 4 is 16.8 Å². The quantitative estimate of drug-likeness (QED) is 0.899. The number of aromatic nitrogens is 1. The second kappa shape index (κ2) is 5.98. The lowest BCUT2D eigenvalue weighted by Gasteiger charge is -2.30. The van der Waals surface area contributed by atoms with E-state index in [1.807, 2.05) is 0 Å². The average Bonchev–Trinajstić information content (AvgIpc) is 3.10. The van der Waals surface area contributed by atoms with E-state index in [9.17, 15) is 9.90 Å². The number of aromatic amines is 1. The topological polar surface area (TPSA) is 59.6 Å². The van der Waals surface area contributed by atoms with E-state index in [1.54, 1.807) is 4.90 Å². The van der Waals surface area contributed by atoms with Gasteiger partial charge in [0.2, 0.25) is 5.91 Å². The Morgan fingerprint density at radius 3 is 2.87 bits per heavy atom. The zero-order valence-corrected chi connectivity index (χ0v) is 13.3. The lowest BCUT2D eigenvalue weighted by molar-refractivity contribution is -0.129. The summed E-state index contributed by atoms with van der Waals surface area (Å²) in [4.78, 5) is 19.2. The number of benzene rings is 1. The highest BCUT2D eigenvalue weighted by Gasteiger charge is 2.25. The molecule has 23 heavy (non-hydrogen) atoms. The third-order valence-corrected chi connectivity index (χ3v) is 5.03. The van der Waals surface area contributed by atoms with E-state index in [-0.39, 0.29) is 5.91 Å². The predicted octanol–water partition coefficient (Wildman–Crippen LogP) is 1.51. The number of rotatable bonds is 4. The zero-order chi connectivity index (χ0) is 15.8. The fourth-order valence-corrected chi connectivity index (χ4v) is 3.91. The van der Waals surface area contributed by atoms with Crippen LogP contribution in [-0.2, 0) is 17.8 Å². The van der Waals surface area contributed by atoms with Crippen molar-refractivity contribution in [2.75, 3.05) is 26.2 Å². The van der Waals surface area contributed by atoms with E-state index in [0.29, 0.717) is 19.5 Å². The van der Waals surface area contributed by atoms with Gasteiger partial charge in [0.05, 0.1) is 6.10 Å². The lowest BCUT2D eigenvalue weighted by Crippen LogP contribution is -2.42. The molecular weight excluding hydrogens is 290 g/mol. The van der Waals surface area contributed by atoms with Crippen molar-refractivity contribution in [1.29, 1.82) is 0 Å². The molecule has 2 aromatic rings. The summed E-state index contributed by atoms with van der Waals surface area (Å²) in [7, 11) is 0. The van der Waals surface area contributed by atoms with Crippen LogP contribution in [0.15, 0.2) is 24.3 Å². The van der Waals surface area contributed by atoms with Crippen LogP contribution in [0, 0.1) is 0 Å². The van der Waals surface area contributed by atoms with E-state index >= 15 is 0 Å². The van der Waals surface area contributed by atoms with Crippen molar-refractivity contribution in [1.82, 2.24) is 14.8 Å². The molecule has 5 heteroatoms. The number of nitrogens with one attached hydrogen (secondary N) is 1. The van der Waals surface area contributed by atoms with Gasteiger partial charge in [-0.05, 0) is 24.5 Å². The number of nitrogens with zero attached hydrogens (tertiary/aromatic N) is 2. The third kappa shape index (κ3) is 2.86. The molecule has 0 saturated carbocycles. The molecule has 1 atom stereocenters. The smallest absolute Gasteiger partial charge is 0.222 e. The molecule has 3 heterocycles. The maximum Gasteiger partial charge on any atom is 0.222 e. The number of amides is 1. The molecule has 0 radical (unpaired) electrons. The van der Waals surface area contributed by atoms with Crippen molar-refractivity contribution in [3.05, 3.63) is 35.5 Å². The molecule has 2 aliphatic heterocycles. The van der Waals surface area contributed by atoms with Crippen molar-refractivity contribution < 1.29 is 9.90 Å². The Morgan fingerprint density at radius 1 is 1.17 bits per heavy atom. The molecule has 1 aromatic heterocycles. The number of para-hydroxylation sites is 1. The predicted molar refractivity (Wildman–Crippen MR) is 89.1 cm³/mol. The van der Waals surface area contributed by atoms with Gasteiger partial charge in [0.25, 0.3) is 0 Å². The minimum absolute atomic E-state index is 0.181. The Hall–Kier alpha value is -1.85. The highest BCUT2D eigenvalue weighted by atomic mass is 16.3. The molecule has 0 bridgehead atoms. The van der Waals surface area contributed by atoms with Crippen molar-refractivity contribution in [2.45, 2.75) is 31.9 Å². The Kier molecular flexibility index (Phi) is 3.83. The Balaban J connectivity index is 1.41. The van der Waals surface area contributed by atoms with Crippen LogP contribution in [0.1, 0.15) is 24.1 Å². The molecule has 1 fully saturated rings. The maximum atomic E-state index is 11.7. The molecule has 2 aliphatic rings. The largest absolute Gasteiger partial charge is 0.390 e. The summed E-state index contributed by atoms with van der Waals surface area (Å²) < 4.78 is 0. The van der Waals surface area contributed by atoms with Gasteiger partial charge in [-0.1, -0.05) is 18.2 Å². The molecule has 2 N–H and O–H groups in total. The summed E-state index contributed by atoms with van der Waals surface area (Å²) in [6.45, 7) is 3.68. The van der Waals surface area contributed by atoms with Gasteiger partial charge in [-0.15, -0.1) is 0 Å². The summed E-state index contributed by atoms with van der Waals surface area (Å²) in [6, 6.07) is 8.43. The second-order valence-corrected chi connectivity index (χ2v) is 6.71. The molecule has 1 saturated heterocycles. The van der Waals surface area contributed by atoms with E-state index in [1.165, 1.54) is 22.2 Å². The van der Waals surface area contributed by atoms with Crippen LogP contribution >= 0.6 is 0 Å². The van der Waals surface area contributed by atoms with Gasteiger partial charge >= 0.3 is 0 Å². The molecule has 1 unspecified atom stereocenters. The van der Waals surface area contributed by atoms with E-state index in [4.69, 9.17) is 0 Å². The van der Waals surface area contributed by atoms with E-state index in [0.717, 1.165) is 32.5 Å². The van der Waals surface area contributed by atoms with Crippen LogP contribution in [0.3, 0.4) is 0 Å². The van der Waals surface area contributed by atoms with Gasteiger partial charge in [-0.25, -0.2) is 0 Å². The number of carbonyl (C=O) groups is 1. The van der Waals surface area contributed by atoms with Crippen molar-refractivity contribution in [3.8, 4) is 0 Å². The summed E-state index contributed by atoms with van der Waals surface area (Å²) >= 11 is 0. The highest BCUT2D eigenvalue weighted by Crippen LogP contribution is 2.27.